The van der Waals surface area contributed by atoms with Crippen molar-refractivity contribution in [3.63, 3.8) is 0 Å². The lowest BCUT2D eigenvalue weighted by Gasteiger charge is -2.17. The molecule has 0 aromatic carbocycles. The van der Waals surface area contributed by atoms with Crippen LogP contribution in [0.2, 0.25) is 0 Å². The predicted octanol–water partition coefficient (Wildman–Crippen LogP) is -0.441. The predicted molar refractivity (Wildman–Crippen MR) is 75.1 cm³/mol. The summed E-state index contributed by atoms with van der Waals surface area (Å²) in [6.45, 7) is 5.04. The Hall–Kier alpha value is -1.71. The fraction of sp³-hybridized carbons (Fsp3) is 0.455. The van der Waals surface area contributed by atoms with Crippen molar-refractivity contribution in [2.75, 3.05) is 5.43 Å². The van der Waals surface area contributed by atoms with Crippen LogP contribution >= 0.6 is 0 Å². The zero-order chi connectivity index (χ0) is 15.3. The van der Waals surface area contributed by atoms with Gasteiger partial charge in [0.15, 0.2) is 0 Å². The highest BCUT2D eigenvalue weighted by molar-refractivity contribution is 7.89. The SMILES string of the molecule is CC(C)NC(=O)C(C)NS(=O)(=O)c1cnccc1NN. The highest BCUT2D eigenvalue weighted by atomic mass is 32.2. The van der Waals surface area contributed by atoms with Crippen molar-refractivity contribution in [2.45, 2.75) is 37.8 Å². The second-order valence-electron chi connectivity index (χ2n) is 4.52. The Morgan fingerprint density at radius 2 is 2.00 bits per heavy atom. The van der Waals surface area contributed by atoms with E-state index in [1.165, 1.54) is 19.2 Å². The lowest BCUT2D eigenvalue weighted by atomic mass is 10.3. The summed E-state index contributed by atoms with van der Waals surface area (Å²) in [6, 6.07) is 0.440. The zero-order valence-electron chi connectivity index (χ0n) is 11.5. The van der Waals surface area contributed by atoms with Gasteiger partial charge in [0, 0.05) is 18.4 Å². The molecule has 112 valence electrons. The molecule has 0 saturated carbocycles. The van der Waals surface area contributed by atoms with Crippen molar-refractivity contribution < 1.29 is 13.2 Å². The van der Waals surface area contributed by atoms with Gasteiger partial charge in [-0.05, 0) is 26.8 Å². The van der Waals surface area contributed by atoms with E-state index < -0.39 is 22.0 Å². The molecule has 1 amide bonds. The molecule has 20 heavy (non-hydrogen) atoms. The number of sulfonamides is 1. The average molecular weight is 301 g/mol. The van der Waals surface area contributed by atoms with E-state index in [4.69, 9.17) is 5.84 Å². The van der Waals surface area contributed by atoms with Crippen molar-refractivity contribution in [1.82, 2.24) is 15.0 Å². The summed E-state index contributed by atoms with van der Waals surface area (Å²) in [5.41, 5.74) is 2.47. The molecule has 9 heteroatoms. The lowest BCUT2D eigenvalue weighted by molar-refractivity contribution is -0.122. The molecular formula is C11H19N5O3S. The number of nitrogens with two attached hydrogens (primary N) is 1. The normalized spacial score (nSPS) is 13.1. The van der Waals surface area contributed by atoms with Crippen LogP contribution in [0.15, 0.2) is 23.4 Å². The number of nitrogen functional groups attached to an aromatic ring is 1. The summed E-state index contributed by atoms with van der Waals surface area (Å²) in [4.78, 5) is 15.3. The smallest absolute Gasteiger partial charge is 0.244 e. The molecule has 0 aliphatic rings. The van der Waals surface area contributed by atoms with E-state index >= 15 is 0 Å². The number of hydrogen-bond acceptors (Lipinski definition) is 6. The molecule has 0 aliphatic heterocycles. The topological polar surface area (TPSA) is 126 Å². The molecule has 1 heterocycles. The van der Waals surface area contributed by atoms with E-state index in [-0.39, 0.29) is 16.6 Å². The average Bonchev–Trinajstić information content (AvgIpc) is 2.37. The maximum absolute atomic E-state index is 12.2. The second-order valence-corrected chi connectivity index (χ2v) is 6.20. The third-order valence-electron chi connectivity index (χ3n) is 2.39. The Morgan fingerprint density at radius 3 is 2.55 bits per heavy atom. The minimum atomic E-state index is -3.90. The first-order valence-electron chi connectivity index (χ1n) is 6.01. The van der Waals surface area contributed by atoms with Crippen molar-refractivity contribution in [2.24, 2.45) is 5.84 Å². The summed E-state index contributed by atoms with van der Waals surface area (Å²) in [7, 11) is -3.90. The standard InChI is InChI=1S/C11H19N5O3S/c1-7(2)14-11(17)8(3)16-20(18,19)10-6-13-5-4-9(10)15-12/h4-8,16H,12H2,1-3H3,(H,13,15)(H,14,17). The number of nitrogens with zero attached hydrogens (tertiary/aromatic N) is 1. The van der Waals surface area contributed by atoms with Crippen molar-refractivity contribution in [3.05, 3.63) is 18.5 Å². The Bertz CT molecular complexity index is 573. The molecule has 1 aromatic heterocycles. The van der Waals surface area contributed by atoms with E-state index in [9.17, 15) is 13.2 Å². The molecule has 0 aliphatic carbocycles. The molecule has 0 bridgehead atoms. The number of aromatic nitrogens is 1. The summed E-state index contributed by atoms with van der Waals surface area (Å²) in [5, 5.41) is 2.62. The molecule has 0 radical (unpaired) electrons. The third-order valence-corrected chi connectivity index (χ3v) is 3.95. The molecule has 5 N–H and O–H groups in total. The number of nitrogens with one attached hydrogen (secondary N) is 3. The van der Waals surface area contributed by atoms with Gasteiger partial charge in [-0.2, -0.15) is 4.72 Å². The Kier molecular flexibility index (Phi) is 5.43. The first-order valence-corrected chi connectivity index (χ1v) is 7.49. The molecule has 1 aromatic rings. The minimum absolute atomic E-state index is 0.0749. The van der Waals surface area contributed by atoms with Crippen molar-refractivity contribution in [3.8, 4) is 0 Å². The number of carbonyl (C=O) groups is 1. The van der Waals surface area contributed by atoms with Crippen LogP contribution in [0.3, 0.4) is 0 Å². The molecule has 0 fully saturated rings. The Morgan fingerprint density at radius 1 is 1.35 bits per heavy atom. The zero-order valence-corrected chi connectivity index (χ0v) is 12.4. The fourth-order valence-corrected chi connectivity index (χ4v) is 2.79. The summed E-state index contributed by atoms with van der Waals surface area (Å²) in [5.74, 6) is 4.85. The van der Waals surface area contributed by atoms with Crippen LogP contribution in [0.4, 0.5) is 5.69 Å². The number of rotatable bonds is 6. The van der Waals surface area contributed by atoms with Crippen LogP contribution in [-0.4, -0.2) is 31.4 Å². The summed E-state index contributed by atoms with van der Waals surface area (Å²) in [6.07, 6.45) is 2.56. The van der Waals surface area contributed by atoms with Crippen LogP contribution in [0.25, 0.3) is 0 Å². The number of pyridine rings is 1. The molecule has 1 atom stereocenters. The minimum Gasteiger partial charge on any atom is -0.353 e. The fourth-order valence-electron chi connectivity index (χ4n) is 1.47. The van der Waals surface area contributed by atoms with E-state index in [0.717, 1.165) is 6.20 Å². The number of hydrogen-bond donors (Lipinski definition) is 4. The van der Waals surface area contributed by atoms with E-state index in [0.29, 0.717) is 0 Å². The highest BCUT2D eigenvalue weighted by Gasteiger charge is 2.24. The molecule has 1 unspecified atom stereocenters. The van der Waals surface area contributed by atoms with Crippen molar-refractivity contribution >= 4 is 21.6 Å². The summed E-state index contributed by atoms with van der Waals surface area (Å²) < 4.78 is 26.6. The first-order chi connectivity index (χ1) is 9.27. The van der Waals surface area contributed by atoms with Crippen molar-refractivity contribution in [1.29, 1.82) is 0 Å². The van der Waals surface area contributed by atoms with Crippen LogP contribution in [0, 0.1) is 0 Å². The molecular weight excluding hydrogens is 282 g/mol. The van der Waals surface area contributed by atoms with E-state index in [1.807, 2.05) is 0 Å². The van der Waals surface area contributed by atoms with Gasteiger partial charge in [0.1, 0.15) is 4.90 Å². The largest absolute Gasteiger partial charge is 0.353 e. The molecule has 1 rings (SSSR count). The lowest BCUT2D eigenvalue weighted by Crippen LogP contribution is -2.46. The second kappa shape index (κ2) is 6.64. The van der Waals surface area contributed by atoms with Gasteiger partial charge in [-0.15, -0.1) is 0 Å². The van der Waals surface area contributed by atoms with Crippen LogP contribution in [0.5, 0.6) is 0 Å². The maximum Gasteiger partial charge on any atom is 0.244 e. The Labute approximate surface area is 118 Å². The van der Waals surface area contributed by atoms with Gasteiger partial charge in [0.2, 0.25) is 15.9 Å². The van der Waals surface area contributed by atoms with E-state index in [1.54, 1.807) is 13.8 Å². The van der Waals surface area contributed by atoms with Crippen LogP contribution < -0.4 is 21.3 Å². The van der Waals surface area contributed by atoms with Gasteiger partial charge in [-0.3, -0.25) is 15.6 Å². The Balaban J connectivity index is 2.92. The van der Waals surface area contributed by atoms with Crippen LogP contribution in [0.1, 0.15) is 20.8 Å². The van der Waals surface area contributed by atoms with E-state index in [2.05, 4.69) is 20.4 Å². The molecule has 8 nitrogen and oxygen atoms in total. The number of carbonyl (C=O) groups excluding carboxylic acids is 1. The number of hydrazine groups is 1. The number of amides is 1. The highest BCUT2D eigenvalue weighted by Crippen LogP contribution is 2.18. The summed E-state index contributed by atoms with van der Waals surface area (Å²) >= 11 is 0. The monoisotopic (exact) mass is 301 g/mol. The van der Waals surface area contributed by atoms with Gasteiger partial charge in [0.25, 0.3) is 0 Å². The van der Waals surface area contributed by atoms with Gasteiger partial charge in [-0.25, -0.2) is 8.42 Å². The van der Waals surface area contributed by atoms with Gasteiger partial charge in [-0.1, -0.05) is 0 Å². The van der Waals surface area contributed by atoms with Gasteiger partial charge in [0.05, 0.1) is 11.7 Å². The molecule has 0 spiro atoms. The van der Waals surface area contributed by atoms with Gasteiger partial charge < -0.3 is 10.7 Å². The quantitative estimate of drug-likeness (QED) is 0.417. The van der Waals surface area contributed by atoms with Crippen LogP contribution in [-0.2, 0) is 14.8 Å². The maximum atomic E-state index is 12.2. The van der Waals surface area contributed by atoms with Gasteiger partial charge >= 0.3 is 0 Å². The molecule has 0 saturated heterocycles. The number of anilines is 1. The third kappa shape index (κ3) is 4.15. The first kappa shape index (κ1) is 16.3.